The summed E-state index contributed by atoms with van der Waals surface area (Å²) < 4.78 is 16.6. The fourth-order valence-electron chi connectivity index (χ4n) is 5.50. The van der Waals surface area contributed by atoms with E-state index in [1.807, 2.05) is 36.5 Å². The van der Waals surface area contributed by atoms with Gasteiger partial charge in [-0.1, -0.05) is 179 Å². The van der Waals surface area contributed by atoms with E-state index >= 15 is 0 Å². The van der Waals surface area contributed by atoms with Gasteiger partial charge in [0.05, 0.1) is 0 Å². The summed E-state index contributed by atoms with van der Waals surface area (Å²) in [5.74, 6) is -1.08. The Hall–Kier alpha value is -4.71. The molecule has 0 N–H and O–H groups in total. The first-order chi connectivity index (χ1) is 30.0. The summed E-state index contributed by atoms with van der Waals surface area (Å²) in [5.41, 5.74) is 0. The molecule has 6 heteroatoms. The molecule has 1 unspecified atom stereocenters. The molecule has 0 amide bonds. The van der Waals surface area contributed by atoms with E-state index in [9.17, 15) is 14.4 Å². The second-order valence-electron chi connectivity index (χ2n) is 14.6. The van der Waals surface area contributed by atoms with Gasteiger partial charge in [0.25, 0.3) is 0 Å². The van der Waals surface area contributed by atoms with Crippen LogP contribution in [0.25, 0.3) is 0 Å². The molecule has 338 valence electrons. The summed E-state index contributed by atoms with van der Waals surface area (Å²) in [6, 6.07) is 0. The topological polar surface area (TPSA) is 78.9 Å². The standard InChI is InChI=1S/C55H82O6/c1-4-7-10-13-16-19-22-24-25-26-27-28-29-31-33-36-39-42-45-48-54(57)60-51-52(50-59-53(56)47-44-41-38-35-32-21-18-15-12-9-6-3)61-55(58)49-46-43-40-37-34-30-23-20-17-14-11-8-5-2/h7-12,14,16-21,23-25,27-28,30-31,33-35,38,52H,4-6,13,15,22,26,29,32,36-37,39-51H2,1-3H3/b10-7-,11-8-,12-9-,17-14-,19-16-,21-18-,23-20-,25-24-,28-27-,33-31-,34-30-,38-35-. The van der Waals surface area contributed by atoms with Crippen LogP contribution in [-0.4, -0.2) is 37.2 Å². The van der Waals surface area contributed by atoms with Crippen molar-refractivity contribution in [1.29, 1.82) is 0 Å². The van der Waals surface area contributed by atoms with Crippen LogP contribution in [-0.2, 0) is 28.6 Å². The molecule has 6 nitrogen and oxygen atoms in total. The highest BCUT2D eigenvalue weighted by atomic mass is 16.6. The largest absolute Gasteiger partial charge is 0.462 e. The molecule has 0 aromatic heterocycles. The molecule has 1 atom stereocenters. The zero-order chi connectivity index (χ0) is 44.4. The highest BCUT2D eigenvalue weighted by Gasteiger charge is 2.19. The van der Waals surface area contributed by atoms with E-state index in [4.69, 9.17) is 14.2 Å². The number of carbonyl (C=O) groups excluding carboxylic acids is 3. The van der Waals surface area contributed by atoms with E-state index < -0.39 is 6.10 Å². The van der Waals surface area contributed by atoms with Crippen LogP contribution in [0.15, 0.2) is 146 Å². The Morgan fingerprint density at radius 3 is 1.15 bits per heavy atom. The first-order valence-corrected chi connectivity index (χ1v) is 23.4. The molecule has 0 heterocycles. The maximum absolute atomic E-state index is 12.7. The lowest BCUT2D eigenvalue weighted by Gasteiger charge is -2.18. The Kier molecular flexibility index (Phi) is 44.3. The van der Waals surface area contributed by atoms with Crippen LogP contribution in [0.1, 0.15) is 162 Å². The highest BCUT2D eigenvalue weighted by Crippen LogP contribution is 2.10. The second kappa shape index (κ2) is 48.0. The van der Waals surface area contributed by atoms with Gasteiger partial charge in [-0.25, -0.2) is 0 Å². The zero-order valence-corrected chi connectivity index (χ0v) is 38.4. The number of rotatable bonds is 39. The molecule has 0 aromatic carbocycles. The summed E-state index contributed by atoms with van der Waals surface area (Å²) in [4.78, 5) is 37.8. The van der Waals surface area contributed by atoms with Crippen molar-refractivity contribution < 1.29 is 28.6 Å². The van der Waals surface area contributed by atoms with Gasteiger partial charge in [-0.15, -0.1) is 0 Å². The summed E-state index contributed by atoms with van der Waals surface area (Å²) >= 11 is 0. The van der Waals surface area contributed by atoms with E-state index in [0.29, 0.717) is 19.3 Å². The van der Waals surface area contributed by atoms with Crippen molar-refractivity contribution in [2.45, 2.75) is 168 Å². The van der Waals surface area contributed by atoms with Gasteiger partial charge in [-0.3, -0.25) is 14.4 Å². The van der Waals surface area contributed by atoms with Gasteiger partial charge in [0.15, 0.2) is 6.10 Å². The van der Waals surface area contributed by atoms with Crippen LogP contribution in [0.2, 0.25) is 0 Å². The normalized spacial score (nSPS) is 13.4. The number of allylic oxidation sites excluding steroid dienone is 24. The van der Waals surface area contributed by atoms with Crippen molar-refractivity contribution in [3.63, 3.8) is 0 Å². The summed E-state index contributed by atoms with van der Waals surface area (Å²) in [6.45, 7) is 6.11. The Labute approximate surface area is 372 Å². The smallest absolute Gasteiger partial charge is 0.306 e. The summed E-state index contributed by atoms with van der Waals surface area (Å²) in [5, 5.41) is 0. The Morgan fingerprint density at radius 1 is 0.344 bits per heavy atom. The lowest BCUT2D eigenvalue weighted by Crippen LogP contribution is -2.30. The number of hydrogen-bond donors (Lipinski definition) is 0. The monoisotopic (exact) mass is 839 g/mol. The number of unbranched alkanes of at least 4 members (excludes halogenated alkanes) is 7. The molecule has 0 rings (SSSR count). The van der Waals surface area contributed by atoms with Crippen LogP contribution < -0.4 is 0 Å². The van der Waals surface area contributed by atoms with Crippen molar-refractivity contribution in [3.05, 3.63) is 146 Å². The highest BCUT2D eigenvalue weighted by molar-refractivity contribution is 5.71. The van der Waals surface area contributed by atoms with Gasteiger partial charge in [-0.2, -0.15) is 0 Å². The number of ether oxygens (including phenoxy) is 3. The molecule has 0 spiro atoms. The Morgan fingerprint density at radius 2 is 0.689 bits per heavy atom. The third-order valence-electron chi connectivity index (χ3n) is 8.91. The molecule has 0 radical (unpaired) electrons. The van der Waals surface area contributed by atoms with Crippen LogP contribution in [0.5, 0.6) is 0 Å². The maximum Gasteiger partial charge on any atom is 0.306 e. The number of hydrogen-bond acceptors (Lipinski definition) is 6. The van der Waals surface area contributed by atoms with E-state index in [-0.39, 0.29) is 44.0 Å². The van der Waals surface area contributed by atoms with Crippen LogP contribution >= 0.6 is 0 Å². The molecular weight excluding hydrogens is 757 g/mol. The van der Waals surface area contributed by atoms with Crippen LogP contribution in [0, 0.1) is 0 Å². The second-order valence-corrected chi connectivity index (χ2v) is 14.6. The van der Waals surface area contributed by atoms with Crippen molar-refractivity contribution in [2.24, 2.45) is 0 Å². The zero-order valence-electron chi connectivity index (χ0n) is 38.4. The Balaban J connectivity index is 4.57. The average molecular weight is 839 g/mol. The van der Waals surface area contributed by atoms with Gasteiger partial charge in [0.2, 0.25) is 0 Å². The van der Waals surface area contributed by atoms with Gasteiger partial charge in [0, 0.05) is 19.3 Å². The third-order valence-corrected chi connectivity index (χ3v) is 8.91. The molecule has 0 aliphatic heterocycles. The summed E-state index contributed by atoms with van der Waals surface area (Å²) in [7, 11) is 0. The Bertz CT molecular complexity index is 1430. The minimum atomic E-state index is -0.837. The van der Waals surface area contributed by atoms with E-state index in [0.717, 1.165) is 109 Å². The molecule has 0 bridgehead atoms. The minimum Gasteiger partial charge on any atom is -0.462 e. The number of carbonyl (C=O) groups is 3. The van der Waals surface area contributed by atoms with Crippen LogP contribution in [0.4, 0.5) is 0 Å². The third kappa shape index (κ3) is 46.2. The lowest BCUT2D eigenvalue weighted by atomic mass is 10.1. The molecule has 0 saturated carbocycles. The molecule has 0 aliphatic rings. The molecule has 0 aliphatic carbocycles. The average Bonchev–Trinajstić information content (AvgIpc) is 3.26. The predicted molar refractivity (Wildman–Crippen MR) is 260 cm³/mol. The van der Waals surface area contributed by atoms with E-state index in [1.54, 1.807) is 0 Å². The van der Waals surface area contributed by atoms with E-state index in [2.05, 4.69) is 130 Å². The van der Waals surface area contributed by atoms with E-state index in [1.165, 1.54) is 0 Å². The van der Waals surface area contributed by atoms with Gasteiger partial charge >= 0.3 is 17.9 Å². The lowest BCUT2D eigenvalue weighted by molar-refractivity contribution is -0.167. The quantitative estimate of drug-likeness (QED) is 0.0202. The van der Waals surface area contributed by atoms with Crippen molar-refractivity contribution >= 4 is 17.9 Å². The molecule has 0 aromatic rings. The fraction of sp³-hybridized carbons (Fsp3) is 0.509. The first-order valence-electron chi connectivity index (χ1n) is 23.4. The first kappa shape index (κ1) is 56.3. The van der Waals surface area contributed by atoms with Gasteiger partial charge in [0.1, 0.15) is 13.2 Å². The van der Waals surface area contributed by atoms with Gasteiger partial charge < -0.3 is 14.2 Å². The fourth-order valence-corrected chi connectivity index (χ4v) is 5.50. The molecular formula is C55H82O6. The van der Waals surface area contributed by atoms with Crippen LogP contribution in [0.3, 0.4) is 0 Å². The molecule has 61 heavy (non-hydrogen) atoms. The summed E-state index contributed by atoms with van der Waals surface area (Å²) in [6.07, 6.45) is 68.4. The van der Waals surface area contributed by atoms with Crippen molar-refractivity contribution in [2.75, 3.05) is 13.2 Å². The SMILES string of the molecule is CC\C=C/C=C\C=C/C=C\CCCCCC(=O)OC(COC(=O)CCC/C=C\C/C=C\C/C=C\CC)COC(=O)CCCCC/C=C\C/C=C\C/C=C\C/C=C\C/C=C\CC. The van der Waals surface area contributed by atoms with Crippen molar-refractivity contribution in [3.8, 4) is 0 Å². The minimum absolute atomic E-state index is 0.134. The van der Waals surface area contributed by atoms with Gasteiger partial charge in [-0.05, 0) is 109 Å². The van der Waals surface area contributed by atoms with Crippen molar-refractivity contribution in [1.82, 2.24) is 0 Å². The molecule has 0 saturated heterocycles. The predicted octanol–water partition coefficient (Wildman–Crippen LogP) is 15.3. The number of esters is 3. The maximum atomic E-state index is 12.7. The molecule has 0 fully saturated rings.